The molecule has 3 rings (SSSR count). The summed E-state index contributed by atoms with van der Waals surface area (Å²) in [4.78, 5) is 0. The molecular formula is C29H40O3. The van der Waals surface area contributed by atoms with Crippen LogP contribution in [-0.4, -0.2) is 25.8 Å². The van der Waals surface area contributed by atoms with E-state index in [9.17, 15) is 0 Å². The molecule has 0 amide bonds. The highest BCUT2D eigenvalue weighted by Crippen LogP contribution is 2.40. The highest BCUT2D eigenvalue weighted by Gasteiger charge is 2.49. The molecule has 3 heterocycles. The van der Waals surface area contributed by atoms with Gasteiger partial charge in [0.05, 0.1) is 19.8 Å². The molecule has 2 bridgehead atoms. The molecule has 0 aliphatic carbocycles. The van der Waals surface area contributed by atoms with Gasteiger partial charge in [-0.3, -0.25) is 0 Å². The Kier molecular flexibility index (Phi) is 11.6. The number of fused-ring (bicyclic) bond motifs is 3. The van der Waals surface area contributed by atoms with Crippen LogP contribution in [0, 0.1) is 40.9 Å². The van der Waals surface area contributed by atoms with Crippen LogP contribution in [0.25, 0.3) is 0 Å². The first-order chi connectivity index (χ1) is 15.5. The van der Waals surface area contributed by atoms with Crippen LogP contribution in [0.2, 0.25) is 0 Å². The zero-order valence-electron chi connectivity index (χ0n) is 20.4. The zero-order valence-corrected chi connectivity index (χ0v) is 20.4. The summed E-state index contributed by atoms with van der Waals surface area (Å²) in [5, 5.41) is 0. The first kappa shape index (κ1) is 26.2. The predicted octanol–water partition coefficient (Wildman–Crippen LogP) is 6.59. The molecule has 32 heavy (non-hydrogen) atoms. The molecule has 0 unspecified atom stereocenters. The lowest BCUT2D eigenvalue weighted by molar-refractivity contribution is -0.467. The van der Waals surface area contributed by atoms with E-state index in [1.165, 1.54) is 0 Å². The lowest BCUT2D eigenvalue weighted by Gasteiger charge is -2.50. The Morgan fingerprint density at radius 3 is 1.88 bits per heavy atom. The molecule has 174 valence electrons. The number of allylic oxidation sites excluding steroid dienone is 8. The summed E-state index contributed by atoms with van der Waals surface area (Å²) in [6.07, 6.45) is 22.4. The second-order valence-electron chi connectivity index (χ2n) is 9.14. The topological polar surface area (TPSA) is 27.7 Å². The Morgan fingerprint density at radius 2 is 1.31 bits per heavy atom. The van der Waals surface area contributed by atoms with Crippen LogP contribution in [0.15, 0.2) is 48.6 Å². The Labute approximate surface area is 196 Å². The van der Waals surface area contributed by atoms with Crippen LogP contribution >= 0.6 is 0 Å². The van der Waals surface area contributed by atoms with Crippen molar-refractivity contribution in [2.75, 3.05) is 19.8 Å². The summed E-state index contributed by atoms with van der Waals surface area (Å²) in [5.74, 6) is 12.6. The molecular weight excluding hydrogens is 396 g/mol. The van der Waals surface area contributed by atoms with Gasteiger partial charge in [0.2, 0.25) is 0 Å². The predicted molar refractivity (Wildman–Crippen MR) is 133 cm³/mol. The van der Waals surface area contributed by atoms with Crippen molar-refractivity contribution in [2.24, 2.45) is 17.3 Å². The van der Waals surface area contributed by atoms with Crippen LogP contribution in [0.5, 0.6) is 0 Å². The minimum atomic E-state index is -0.809. The Bertz CT molecular complexity index is 769. The molecule has 3 fully saturated rings. The third-order valence-corrected chi connectivity index (χ3v) is 5.44. The summed E-state index contributed by atoms with van der Waals surface area (Å²) in [7, 11) is 0. The van der Waals surface area contributed by atoms with Crippen molar-refractivity contribution in [2.45, 2.75) is 72.2 Å². The fourth-order valence-corrected chi connectivity index (χ4v) is 3.32. The van der Waals surface area contributed by atoms with Gasteiger partial charge in [0, 0.05) is 23.7 Å². The number of hydrogen-bond acceptors (Lipinski definition) is 3. The van der Waals surface area contributed by atoms with Gasteiger partial charge in [0.25, 0.3) is 5.97 Å². The Balaban J connectivity index is 1.55. The van der Waals surface area contributed by atoms with Crippen molar-refractivity contribution in [1.82, 2.24) is 0 Å². The fourth-order valence-electron chi connectivity index (χ4n) is 3.32. The van der Waals surface area contributed by atoms with Crippen LogP contribution in [0.4, 0.5) is 0 Å². The molecule has 0 N–H and O–H groups in total. The van der Waals surface area contributed by atoms with Gasteiger partial charge in [-0.15, -0.1) is 0 Å². The zero-order chi connectivity index (χ0) is 23.1. The third-order valence-electron chi connectivity index (χ3n) is 5.44. The Hall–Kier alpha value is -2.04. The average Bonchev–Trinajstić information content (AvgIpc) is 2.79. The molecule has 0 aromatic carbocycles. The van der Waals surface area contributed by atoms with E-state index in [2.05, 4.69) is 87.8 Å². The van der Waals surface area contributed by atoms with Crippen LogP contribution < -0.4 is 0 Å². The lowest BCUT2D eigenvalue weighted by atomic mass is 9.91. The van der Waals surface area contributed by atoms with E-state index >= 15 is 0 Å². The van der Waals surface area contributed by atoms with Crippen molar-refractivity contribution < 1.29 is 14.2 Å². The number of ether oxygens (including phenoxy) is 3. The molecule has 0 saturated carbocycles. The van der Waals surface area contributed by atoms with Crippen LogP contribution in [-0.2, 0) is 14.2 Å². The van der Waals surface area contributed by atoms with Gasteiger partial charge in [-0.05, 0) is 44.3 Å². The lowest BCUT2D eigenvalue weighted by Crippen LogP contribution is -2.58. The molecule has 3 saturated heterocycles. The van der Waals surface area contributed by atoms with Gasteiger partial charge >= 0.3 is 0 Å². The van der Waals surface area contributed by atoms with Gasteiger partial charge in [0.15, 0.2) is 0 Å². The van der Waals surface area contributed by atoms with Gasteiger partial charge in [-0.1, -0.05) is 87.8 Å². The summed E-state index contributed by atoms with van der Waals surface area (Å²) in [5.41, 5.74) is 0.0263. The molecule has 0 spiro atoms. The largest absolute Gasteiger partial charge is 0.327 e. The SMILES string of the molecule is CC/C=C\C[C@H](C)C#C/C=C\C#C[C@@H](C)C/C=C\C/C=C\CCC12OCC(C)(CO1)CO2. The van der Waals surface area contributed by atoms with Gasteiger partial charge in [0.1, 0.15) is 0 Å². The standard InChI is InChI=1S/C29H40O3/c1-5-6-13-18-26(2)20-15-10-11-16-21-27(3)19-14-9-7-8-12-17-22-29-30-23-28(4,24-31-29)25-32-29/h6,8-14,26-27H,5,7,17-19,22-25H2,1-4H3/b11-10-,12-8-,13-6-,14-9-/t26-,27-,28?,29?/m0/s1. The molecule has 0 aromatic rings. The quantitative estimate of drug-likeness (QED) is 0.286. The van der Waals surface area contributed by atoms with Gasteiger partial charge in [-0.25, -0.2) is 0 Å². The van der Waals surface area contributed by atoms with E-state index in [0.717, 1.165) is 58.3 Å². The normalized spacial score (nSPS) is 27.0. The van der Waals surface area contributed by atoms with Crippen molar-refractivity contribution in [1.29, 1.82) is 0 Å². The van der Waals surface area contributed by atoms with Crippen LogP contribution in [0.1, 0.15) is 66.2 Å². The van der Waals surface area contributed by atoms with E-state index in [4.69, 9.17) is 14.2 Å². The number of rotatable bonds is 10. The Morgan fingerprint density at radius 1 is 0.781 bits per heavy atom. The van der Waals surface area contributed by atoms with E-state index in [-0.39, 0.29) is 5.41 Å². The summed E-state index contributed by atoms with van der Waals surface area (Å²) >= 11 is 0. The molecule has 2 atom stereocenters. The molecule has 0 radical (unpaired) electrons. The minimum absolute atomic E-state index is 0.0263. The molecule has 3 aliphatic rings. The van der Waals surface area contributed by atoms with Crippen molar-refractivity contribution >= 4 is 0 Å². The maximum Gasteiger partial charge on any atom is 0.283 e. The van der Waals surface area contributed by atoms with E-state index < -0.39 is 5.97 Å². The summed E-state index contributed by atoms with van der Waals surface area (Å²) in [6.45, 7) is 10.7. The van der Waals surface area contributed by atoms with Crippen molar-refractivity contribution in [3.63, 3.8) is 0 Å². The van der Waals surface area contributed by atoms with Gasteiger partial charge in [-0.2, -0.15) is 0 Å². The van der Waals surface area contributed by atoms with Gasteiger partial charge < -0.3 is 14.2 Å². The average molecular weight is 437 g/mol. The van der Waals surface area contributed by atoms with Crippen LogP contribution in [0.3, 0.4) is 0 Å². The number of hydrogen-bond donors (Lipinski definition) is 0. The first-order valence-electron chi connectivity index (χ1n) is 12.0. The van der Waals surface area contributed by atoms with Crippen molar-refractivity contribution in [3.05, 3.63) is 48.6 Å². The second kappa shape index (κ2) is 14.2. The molecule has 3 heteroatoms. The fraction of sp³-hybridized carbons (Fsp3) is 0.586. The minimum Gasteiger partial charge on any atom is -0.327 e. The summed E-state index contributed by atoms with van der Waals surface area (Å²) in [6, 6.07) is 0. The highest BCUT2D eigenvalue weighted by atomic mass is 16.9. The maximum absolute atomic E-state index is 5.80. The first-order valence-corrected chi connectivity index (χ1v) is 12.0. The van der Waals surface area contributed by atoms with E-state index in [0.29, 0.717) is 11.8 Å². The third kappa shape index (κ3) is 10.1. The monoisotopic (exact) mass is 436 g/mol. The highest BCUT2D eigenvalue weighted by molar-refractivity contribution is 5.26. The van der Waals surface area contributed by atoms with E-state index in [1.54, 1.807) is 0 Å². The van der Waals surface area contributed by atoms with E-state index in [1.807, 2.05) is 12.2 Å². The maximum atomic E-state index is 5.80. The smallest absolute Gasteiger partial charge is 0.283 e. The summed E-state index contributed by atoms with van der Waals surface area (Å²) < 4.78 is 17.4. The van der Waals surface area contributed by atoms with Crippen molar-refractivity contribution in [3.8, 4) is 23.7 Å². The second-order valence-corrected chi connectivity index (χ2v) is 9.14. The molecule has 3 nitrogen and oxygen atoms in total. The molecule has 3 aliphatic heterocycles. The molecule has 0 aromatic heterocycles.